The van der Waals surface area contributed by atoms with Gasteiger partial charge in [-0.05, 0) is 55.5 Å². The number of ether oxygens (including phenoxy) is 1. The van der Waals surface area contributed by atoms with Crippen molar-refractivity contribution in [1.29, 1.82) is 0 Å². The van der Waals surface area contributed by atoms with Crippen LogP contribution in [0.5, 0.6) is 0 Å². The van der Waals surface area contributed by atoms with Crippen LogP contribution in [0.15, 0.2) is 48.7 Å². The molecule has 2 amide bonds. The number of hydrogen-bond donors (Lipinski definition) is 2. The van der Waals surface area contributed by atoms with Crippen LogP contribution in [0.2, 0.25) is 5.02 Å². The molecule has 1 unspecified atom stereocenters. The third-order valence-electron chi connectivity index (χ3n) is 5.86. The molecule has 0 saturated carbocycles. The smallest absolute Gasteiger partial charge is 0.267 e. The van der Waals surface area contributed by atoms with E-state index in [2.05, 4.69) is 15.8 Å². The first-order chi connectivity index (χ1) is 16.6. The number of hydrogen-bond acceptors (Lipinski definition) is 6. The van der Waals surface area contributed by atoms with Gasteiger partial charge < -0.3 is 15.0 Å². The van der Waals surface area contributed by atoms with Gasteiger partial charge in [-0.25, -0.2) is 15.3 Å². The van der Waals surface area contributed by atoms with Gasteiger partial charge in [0.25, 0.3) is 11.8 Å². The van der Waals surface area contributed by atoms with Gasteiger partial charge in [-0.15, -0.1) is 0 Å². The van der Waals surface area contributed by atoms with Crippen molar-refractivity contribution in [2.24, 2.45) is 0 Å². The van der Waals surface area contributed by atoms with Crippen molar-refractivity contribution in [1.82, 2.24) is 15.4 Å². The van der Waals surface area contributed by atoms with Crippen LogP contribution in [0.1, 0.15) is 48.0 Å². The summed E-state index contributed by atoms with van der Waals surface area (Å²) < 4.78 is 5.41. The zero-order valence-corrected chi connectivity index (χ0v) is 19.7. The van der Waals surface area contributed by atoms with Crippen molar-refractivity contribution in [2.45, 2.75) is 44.4 Å². The monoisotopic (exact) mass is 484 g/mol. The molecule has 2 aliphatic rings. The Hall–Kier alpha value is -2.94. The third-order valence-corrected chi connectivity index (χ3v) is 6.15. The van der Waals surface area contributed by atoms with E-state index in [0.29, 0.717) is 41.7 Å². The Labute approximate surface area is 204 Å². The number of rotatable bonds is 7. The number of piperidine rings is 1. The Morgan fingerprint density at radius 2 is 1.94 bits per heavy atom. The molecule has 3 heterocycles. The van der Waals surface area contributed by atoms with Gasteiger partial charge in [-0.3, -0.25) is 9.59 Å². The SMILES string of the molecule is O=C(C=Cc1cnc(NC2CCN(C(=O)c3ccccc3)CC2)c(Cl)c1)NOC1CCCCO1. The number of likely N-dealkylation sites (tertiary alicyclic amines) is 1. The van der Waals surface area contributed by atoms with Crippen molar-refractivity contribution in [3.8, 4) is 0 Å². The molecule has 2 N–H and O–H groups in total. The zero-order valence-electron chi connectivity index (χ0n) is 18.9. The fraction of sp³-hybridized carbons (Fsp3) is 0.400. The van der Waals surface area contributed by atoms with E-state index >= 15 is 0 Å². The molecule has 180 valence electrons. The standard InChI is InChI=1S/C25H29ClN4O4/c26-21-16-18(9-10-22(31)29-34-23-8-4-5-15-33-23)17-27-24(21)28-20-11-13-30(14-12-20)25(32)19-6-2-1-3-7-19/h1-3,6-7,9-10,16-17,20,23H,4-5,8,11-15H2,(H,27,28)(H,29,31). The third kappa shape index (κ3) is 6.79. The van der Waals surface area contributed by atoms with E-state index in [1.165, 1.54) is 6.08 Å². The minimum Gasteiger partial charge on any atom is -0.366 e. The predicted octanol–water partition coefficient (Wildman–Crippen LogP) is 4.04. The van der Waals surface area contributed by atoms with Gasteiger partial charge in [0.1, 0.15) is 5.82 Å². The molecule has 1 aromatic heterocycles. The molecule has 8 nitrogen and oxygen atoms in total. The lowest BCUT2D eigenvalue weighted by molar-refractivity contribution is -0.198. The first-order valence-electron chi connectivity index (χ1n) is 11.6. The van der Waals surface area contributed by atoms with E-state index in [0.717, 1.165) is 32.1 Å². The van der Waals surface area contributed by atoms with Crippen LogP contribution in [0, 0.1) is 0 Å². The van der Waals surface area contributed by atoms with Crippen LogP contribution >= 0.6 is 11.6 Å². The largest absolute Gasteiger partial charge is 0.366 e. The molecule has 4 rings (SSSR count). The summed E-state index contributed by atoms with van der Waals surface area (Å²) in [5.74, 6) is 0.269. The van der Waals surface area contributed by atoms with Gasteiger partial charge >= 0.3 is 0 Å². The summed E-state index contributed by atoms with van der Waals surface area (Å²) in [6, 6.07) is 11.3. The highest BCUT2D eigenvalue weighted by atomic mass is 35.5. The zero-order chi connectivity index (χ0) is 23.8. The summed E-state index contributed by atoms with van der Waals surface area (Å²) >= 11 is 6.42. The lowest BCUT2D eigenvalue weighted by Crippen LogP contribution is -2.42. The van der Waals surface area contributed by atoms with Crippen molar-refractivity contribution in [2.75, 3.05) is 25.0 Å². The fourth-order valence-electron chi connectivity index (χ4n) is 3.97. The molecule has 34 heavy (non-hydrogen) atoms. The van der Waals surface area contributed by atoms with E-state index in [-0.39, 0.29) is 17.9 Å². The molecule has 9 heteroatoms. The molecule has 0 radical (unpaired) electrons. The Kier molecular flexibility index (Phi) is 8.51. The lowest BCUT2D eigenvalue weighted by Gasteiger charge is -2.32. The number of nitrogens with zero attached hydrogens (tertiary/aromatic N) is 2. The summed E-state index contributed by atoms with van der Waals surface area (Å²) in [5, 5.41) is 3.85. The highest BCUT2D eigenvalue weighted by molar-refractivity contribution is 6.33. The number of carbonyl (C=O) groups excluding carboxylic acids is 2. The summed E-state index contributed by atoms with van der Waals surface area (Å²) in [6.07, 6.45) is 8.66. The number of halogens is 1. The van der Waals surface area contributed by atoms with E-state index in [4.69, 9.17) is 21.2 Å². The Balaban J connectivity index is 1.23. The number of benzene rings is 1. The Bertz CT molecular complexity index is 1000. The van der Waals surface area contributed by atoms with Crippen LogP contribution < -0.4 is 10.8 Å². The van der Waals surface area contributed by atoms with Gasteiger partial charge in [0.2, 0.25) is 0 Å². The number of amides is 2. The molecule has 1 atom stereocenters. The predicted molar refractivity (Wildman–Crippen MR) is 130 cm³/mol. The molecule has 0 bridgehead atoms. The molecule has 2 saturated heterocycles. The van der Waals surface area contributed by atoms with Crippen LogP contribution in [0.3, 0.4) is 0 Å². The van der Waals surface area contributed by atoms with E-state index in [9.17, 15) is 9.59 Å². The maximum atomic E-state index is 12.6. The number of hydroxylamine groups is 1. The number of anilines is 1. The quantitative estimate of drug-likeness (QED) is 0.455. The van der Waals surface area contributed by atoms with Crippen LogP contribution in [-0.4, -0.2) is 53.7 Å². The molecule has 2 aromatic rings. The Morgan fingerprint density at radius 3 is 2.65 bits per heavy atom. The summed E-state index contributed by atoms with van der Waals surface area (Å²) in [6.45, 7) is 1.99. The molecule has 0 aliphatic carbocycles. The number of aromatic nitrogens is 1. The minimum atomic E-state index is -0.393. The Morgan fingerprint density at radius 1 is 1.15 bits per heavy atom. The van der Waals surface area contributed by atoms with Crippen LogP contribution in [-0.2, 0) is 14.4 Å². The normalized spacial score (nSPS) is 19.2. The van der Waals surface area contributed by atoms with Gasteiger partial charge in [0.15, 0.2) is 6.29 Å². The van der Waals surface area contributed by atoms with Gasteiger partial charge in [-0.2, -0.15) is 0 Å². The average Bonchev–Trinajstić information content (AvgIpc) is 2.89. The lowest BCUT2D eigenvalue weighted by atomic mass is 10.0. The first kappa shape index (κ1) is 24.2. The second kappa shape index (κ2) is 12.0. The highest BCUT2D eigenvalue weighted by Crippen LogP contribution is 2.24. The molecule has 2 fully saturated rings. The van der Waals surface area contributed by atoms with Crippen molar-refractivity contribution in [3.05, 3.63) is 64.8 Å². The topological polar surface area (TPSA) is 92.8 Å². The summed E-state index contributed by atoms with van der Waals surface area (Å²) in [4.78, 5) is 36.1. The van der Waals surface area contributed by atoms with Crippen molar-refractivity contribution < 1.29 is 19.2 Å². The van der Waals surface area contributed by atoms with E-state index < -0.39 is 6.29 Å². The fourth-order valence-corrected chi connectivity index (χ4v) is 4.20. The summed E-state index contributed by atoms with van der Waals surface area (Å²) in [5.41, 5.74) is 3.79. The van der Waals surface area contributed by atoms with Crippen molar-refractivity contribution in [3.63, 3.8) is 0 Å². The first-order valence-corrected chi connectivity index (χ1v) is 12.0. The number of carbonyl (C=O) groups is 2. The molecule has 0 spiro atoms. The van der Waals surface area contributed by atoms with Crippen LogP contribution in [0.25, 0.3) is 6.08 Å². The van der Waals surface area contributed by atoms with E-state index in [1.54, 1.807) is 18.3 Å². The number of pyridine rings is 1. The minimum absolute atomic E-state index is 0.0621. The molecule has 2 aliphatic heterocycles. The maximum Gasteiger partial charge on any atom is 0.267 e. The maximum absolute atomic E-state index is 12.6. The van der Waals surface area contributed by atoms with E-state index in [1.807, 2.05) is 35.2 Å². The van der Waals surface area contributed by atoms with Gasteiger partial charge in [-0.1, -0.05) is 29.8 Å². The molecular formula is C25H29ClN4O4. The van der Waals surface area contributed by atoms with Gasteiger partial charge in [0, 0.05) is 50.0 Å². The second-order valence-electron chi connectivity index (χ2n) is 8.39. The van der Waals surface area contributed by atoms with Crippen LogP contribution in [0.4, 0.5) is 5.82 Å². The summed E-state index contributed by atoms with van der Waals surface area (Å²) in [7, 11) is 0. The highest BCUT2D eigenvalue weighted by Gasteiger charge is 2.24. The van der Waals surface area contributed by atoms with Crippen molar-refractivity contribution >= 4 is 35.3 Å². The van der Waals surface area contributed by atoms with Gasteiger partial charge in [0.05, 0.1) is 5.02 Å². The second-order valence-corrected chi connectivity index (χ2v) is 8.80. The molecular weight excluding hydrogens is 456 g/mol. The molecule has 1 aromatic carbocycles. The number of nitrogens with one attached hydrogen (secondary N) is 2. The average molecular weight is 485 g/mol.